The van der Waals surface area contributed by atoms with Gasteiger partial charge in [-0.1, -0.05) is 73.9 Å². The number of anilines is 2. The van der Waals surface area contributed by atoms with Gasteiger partial charge in [0.1, 0.15) is 12.1 Å². The number of ether oxygens (including phenoxy) is 1. The molecule has 1 fully saturated rings. The van der Waals surface area contributed by atoms with E-state index in [2.05, 4.69) is 29.2 Å². The van der Waals surface area contributed by atoms with Gasteiger partial charge in [-0.15, -0.1) is 0 Å². The van der Waals surface area contributed by atoms with Crippen LogP contribution < -0.4 is 9.80 Å². The van der Waals surface area contributed by atoms with E-state index in [0.29, 0.717) is 29.4 Å². The van der Waals surface area contributed by atoms with Gasteiger partial charge in [0.15, 0.2) is 17.0 Å². The summed E-state index contributed by atoms with van der Waals surface area (Å²) in [5.74, 6) is 0.141. The van der Waals surface area contributed by atoms with Crippen molar-refractivity contribution >= 4 is 35.0 Å². The van der Waals surface area contributed by atoms with Crippen molar-refractivity contribution in [1.29, 1.82) is 0 Å². The standard InChI is InChI=1S/C33H40N6O4/c1-33(2,3)43-32(42)39(20-24-15-17-26(18-16-24)25-13-9-6-10-14-25)31-35-29(37(4)19-23-11-7-5-8-12-23)28-30(36-31)38(22-34-28)21-27(40)41/h5,7-8,11-12,15-18,22,25H,6,9-10,13-14,19-21H2,1-4H3,(H,40,41). The minimum Gasteiger partial charge on any atom is -0.480 e. The normalized spacial score (nSPS) is 14.0. The van der Waals surface area contributed by atoms with Crippen LogP contribution in [0.4, 0.5) is 16.6 Å². The Kier molecular flexibility index (Phi) is 8.94. The van der Waals surface area contributed by atoms with Crippen molar-refractivity contribution in [2.75, 3.05) is 16.8 Å². The van der Waals surface area contributed by atoms with Gasteiger partial charge >= 0.3 is 12.1 Å². The van der Waals surface area contributed by atoms with Crippen LogP contribution in [0.25, 0.3) is 11.2 Å². The molecule has 226 valence electrons. The van der Waals surface area contributed by atoms with Crippen molar-refractivity contribution in [2.45, 2.75) is 84.0 Å². The second-order valence-electron chi connectivity index (χ2n) is 12.3. The minimum atomic E-state index is -1.03. The number of aromatic nitrogens is 4. The van der Waals surface area contributed by atoms with E-state index in [1.54, 1.807) is 0 Å². The molecule has 2 heterocycles. The average Bonchev–Trinajstić information content (AvgIpc) is 3.37. The molecule has 1 amide bonds. The molecule has 0 spiro atoms. The second-order valence-corrected chi connectivity index (χ2v) is 12.3. The SMILES string of the molecule is CN(Cc1ccccc1)c1nc(N(Cc2ccc(C3CCCCC3)cc2)C(=O)OC(C)(C)C)nc2c1ncn2CC(=O)O. The predicted molar refractivity (Wildman–Crippen MR) is 166 cm³/mol. The number of carboxylic acid groups (broad SMARTS) is 1. The van der Waals surface area contributed by atoms with Gasteiger partial charge in [-0.05, 0) is 56.2 Å². The van der Waals surface area contributed by atoms with Crippen molar-refractivity contribution in [3.8, 4) is 0 Å². The second kappa shape index (κ2) is 12.8. The van der Waals surface area contributed by atoms with Crippen LogP contribution in [-0.2, 0) is 29.2 Å². The first-order valence-electron chi connectivity index (χ1n) is 14.9. The van der Waals surface area contributed by atoms with Gasteiger partial charge in [0, 0.05) is 13.6 Å². The summed E-state index contributed by atoms with van der Waals surface area (Å²) >= 11 is 0. The largest absolute Gasteiger partial charge is 0.480 e. The van der Waals surface area contributed by atoms with Crippen LogP contribution in [0, 0.1) is 0 Å². The third-order valence-electron chi connectivity index (χ3n) is 7.62. The van der Waals surface area contributed by atoms with E-state index < -0.39 is 17.7 Å². The molecule has 4 aromatic rings. The molecule has 0 unspecified atom stereocenters. The third-order valence-corrected chi connectivity index (χ3v) is 7.62. The first-order valence-corrected chi connectivity index (χ1v) is 14.9. The fourth-order valence-corrected chi connectivity index (χ4v) is 5.55. The Bertz CT molecular complexity index is 1560. The minimum absolute atomic E-state index is 0.111. The number of hydrogen-bond donors (Lipinski definition) is 1. The Hall–Kier alpha value is -4.47. The van der Waals surface area contributed by atoms with Crippen LogP contribution >= 0.6 is 0 Å². The number of benzene rings is 2. The van der Waals surface area contributed by atoms with E-state index in [-0.39, 0.29) is 19.0 Å². The summed E-state index contributed by atoms with van der Waals surface area (Å²) in [5.41, 5.74) is 3.32. The Morgan fingerprint density at radius 1 is 0.953 bits per heavy atom. The molecule has 1 N–H and O–H groups in total. The van der Waals surface area contributed by atoms with Crippen LogP contribution in [0.3, 0.4) is 0 Å². The molecule has 0 radical (unpaired) electrons. The molecule has 10 nitrogen and oxygen atoms in total. The number of carbonyl (C=O) groups excluding carboxylic acids is 1. The molecule has 0 aliphatic heterocycles. The van der Waals surface area contributed by atoms with Gasteiger partial charge in [-0.2, -0.15) is 9.97 Å². The van der Waals surface area contributed by atoms with Crippen molar-refractivity contribution in [1.82, 2.24) is 19.5 Å². The van der Waals surface area contributed by atoms with Crippen molar-refractivity contribution in [2.24, 2.45) is 0 Å². The van der Waals surface area contributed by atoms with E-state index in [9.17, 15) is 14.7 Å². The Labute approximate surface area is 252 Å². The fourth-order valence-electron chi connectivity index (χ4n) is 5.55. The predicted octanol–water partition coefficient (Wildman–Crippen LogP) is 6.54. The third kappa shape index (κ3) is 7.49. The summed E-state index contributed by atoms with van der Waals surface area (Å²) in [6.07, 6.45) is 7.10. The molecular weight excluding hydrogens is 544 g/mol. The number of fused-ring (bicyclic) bond motifs is 1. The molecule has 5 rings (SSSR count). The van der Waals surface area contributed by atoms with E-state index in [1.807, 2.05) is 63.1 Å². The number of carbonyl (C=O) groups is 2. The zero-order chi connectivity index (χ0) is 30.6. The number of nitrogens with zero attached hydrogens (tertiary/aromatic N) is 6. The molecule has 43 heavy (non-hydrogen) atoms. The molecule has 1 aliphatic rings. The highest BCUT2D eigenvalue weighted by molar-refractivity contribution is 5.90. The summed E-state index contributed by atoms with van der Waals surface area (Å²) in [5, 5.41) is 9.54. The fraction of sp³-hybridized carbons (Fsp3) is 0.424. The number of imidazole rings is 1. The van der Waals surface area contributed by atoms with Crippen LogP contribution in [0.5, 0.6) is 0 Å². The smallest absolute Gasteiger partial charge is 0.417 e. The summed E-state index contributed by atoms with van der Waals surface area (Å²) in [7, 11) is 1.89. The van der Waals surface area contributed by atoms with E-state index in [4.69, 9.17) is 14.7 Å². The quantitative estimate of drug-likeness (QED) is 0.236. The zero-order valence-corrected chi connectivity index (χ0v) is 25.4. The molecule has 10 heteroatoms. The lowest BCUT2D eigenvalue weighted by Gasteiger charge is -2.27. The molecule has 2 aromatic heterocycles. The first-order chi connectivity index (χ1) is 20.6. The van der Waals surface area contributed by atoms with Crippen molar-refractivity contribution in [3.05, 3.63) is 77.6 Å². The molecule has 0 atom stereocenters. The maximum absolute atomic E-state index is 13.7. The molecule has 0 bridgehead atoms. The van der Waals surface area contributed by atoms with Crippen molar-refractivity contribution < 1.29 is 19.4 Å². The van der Waals surface area contributed by atoms with Crippen LogP contribution in [0.1, 0.15) is 75.5 Å². The number of aliphatic carboxylic acids is 1. The molecule has 2 aromatic carbocycles. The van der Waals surface area contributed by atoms with Gasteiger partial charge < -0.3 is 19.3 Å². The van der Waals surface area contributed by atoms with E-state index in [1.165, 1.54) is 53.5 Å². The van der Waals surface area contributed by atoms with Gasteiger partial charge in [0.05, 0.1) is 12.9 Å². The maximum Gasteiger partial charge on any atom is 0.417 e. The van der Waals surface area contributed by atoms with Crippen molar-refractivity contribution in [3.63, 3.8) is 0 Å². The summed E-state index contributed by atoms with van der Waals surface area (Å²) in [6, 6.07) is 18.3. The molecule has 1 saturated carbocycles. The monoisotopic (exact) mass is 584 g/mol. The van der Waals surface area contributed by atoms with Gasteiger partial charge in [0.2, 0.25) is 5.95 Å². The Balaban J connectivity index is 1.55. The van der Waals surface area contributed by atoms with Gasteiger partial charge in [-0.25, -0.2) is 14.7 Å². The molecular formula is C33H40N6O4. The molecule has 0 saturated heterocycles. The summed E-state index contributed by atoms with van der Waals surface area (Å²) < 4.78 is 7.26. The lowest BCUT2D eigenvalue weighted by Crippen LogP contribution is -2.38. The first kappa shape index (κ1) is 30.0. The highest BCUT2D eigenvalue weighted by atomic mass is 16.6. The number of hydrogen-bond acceptors (Lipinski definition) is 7. The van der Waals surface area contributed by atoms with Gasteiger partial charge in [0.25, 0.3) is 0 Å². The highest BCUT2D eigenvalue weighted by Gasteiger charge is 2.28. The summed E-state index contributed by atoms with van der Waals surface area (Å²) in [4.78, 5) is 42.7. The number of carboxylic acids is 1. The zero-order valence-electron chi connectivity index (χ0n) is 25.4. The lowest BCUT2D eigenvalue weighted by molar-refractivity contribution is -0.137. The average molecular weight is 585 g/mol. The van der Waals surface area contributed by atoms with Crippen LogP contribution in [0.2, 0.25) is 0 Å². The highest BCUT2D eigenvalue weighted by Crippen LogP contribution is 2.33. The van der Waals surface area contributed by atoms with Crippen LogP contribution in [0.15, 0.2) is 60.9 Å². The molecule has 1 aliphatic carbocycles. The summed E-state index contributed by atoms with van der Waals surface area (Å²) in [6.45, 7) is 5.81. The van der Waals surface area contributed by atoms with E-state index >= 15 is 0 Å². The Morgan fingerprint density at radius 3 is 2.28 bits per heavy atom. The van der Waals surface area contributed by atoms with E-state index in [0.717, 1.165) is 11.1 Å². The maximum atomic E-state index is 13.7. The lowest BCUT2D eigenvalue weighted by atomic mass is 9.84. The van der Waals surface area contributed by atoms with Gasteiger partial charge in [-0.3, -0.25) is 4.79 Å². The topological polar surface area (TPSA) is 114 Å². The number of rotatable bonds is 9. The number of amides is 1. The van der Waals surface area contributed by atoms with Crippen LogP contribution in [-0.4, -0.2) is 49.3 Å². The Morgan fingerprint density at radius 2 is 1.63 bits per heavy atom.